The first kappa shape index (κ1) is 16.3. The van der Waals surface area contributed by atoms with E-state index in [0.29, 0.717) is 5.69 Å². The standard InChI is InChI=1S/C20H19NO2S/c1-16-10-12-20(13-11-16)24(22,23)21-19-9-5-8-18(15-19)14-17-6-3-2-4-7-17/h2-13,15,21H,14H2,1H3. The Morgan fingerprint density at radius 3 is 2.17 bits per heavy atom. The molecule has 0 unspecified atom stereocenters. The van der Waals surface area contributed by atoms with Gasteiger partial charge in [0.25, 0.3) is 10.0 Å². The van der Waals surface area contributed by atoms with Crippen LogP contribution in [0, 0.1) is 6.92 Å². The SMILES string of the molecule is Cc1ccc(S(=O)(=O)Nc2cccc(Cc3ccccc3)c2)cc1. The Labute approximate surface area is 143 Å². The van der Waals surface area contributed by atoms with Crippen LogP contribution in [0.3, 0.4) is 0 Å². The Morgan fingerprint density at radius 1 is 0.792 bits per heavy atom. The van der Waals surface area contributed by atoms with E-state index in [1.54, 1.807) is 30.3 Å². The van der Waals surface area contributed by atoms with Crippen molar-refractivity contribution in [2.24, 2.45) is 0 Å². The fraction of sp³-hybridized carbons (Fsp3) is 0.100. The number of nitrogens with one attached hydrogen (secondary N) is 1. The van der Waals surface area contributed by atoms with Crippen LogP contribution in [0.25, 0.3) is 0 Å². The molecule has 4 heteroatoms. The lowest BCUT2D eigenvalue weighted by molar-refractivity contribution is 0.601. The quantitative estimate of drug-likeness (QED) is 0.751. The second kappa shape index (κ2) is 6.89. The van der Waals surface area contributed by atoms with Crippen molar-refractivity contribution in [1.82, 2.24) is 0 Å². The Kier molecular flexibility index (Phi) is 4.67. The Balaban J connectivity index is 1.80. The Morgan fingerprint density at radius 2 is 1.46 bits per heavy atom. The summed E-state index contributed by atoms with van der Waals surface area (Å²) in [5, 5.41) is 0. The van der Waals surface area contributed by atoms with Crippen LogP contribution < -0.4 is 4.72 Å². The van der Waals surface area contributed by atoms with E-state index >= 15 is 0 Å². The molecule has 0 heterocycles. The van der Waals surface area contributed by atoms with Crippen molar-refractivity contribution in [2.75, 3.05) is 4.72 Å². The van der Waals surface area contributed by atoms with Gasteiger partial charge in [-0.05, 0) is 48.7 Å². The molecule has 0 radical (unpaired) electrons. The summed E-state index contributed by atoms with van der Waals surface area (Å²) in [6, 6.07) is 24.4. The van der Waals surface area contributed by atoms with Crippen molar-refractivity contribution < 1.29 is 8.42 Å². The van der Waals surface area contributed by atoms with Gasteiger partial charge in [-0.1, -0.05) is 60.2 Å². The number of sulfonamides is 1. The van der Waals surface area contributed by atoms with Gasteiger partial charge in [-0.25, -0.2) is 8.42 Å². The normalized spacial score (nSPS) is 11.2. The highest BCUT2D eigenvalue weighted by Gasteiger charge is 2.13. The molecule has 0 aliphatic carbocycles. The number of hydrogen-bond acceptors (Lipinski definition) is 2. The average Bonchev–Trinajstić information content (AvgIpc) is 2.56. The monoisotopic (exact) mass is 337 g/mol. The average molecular weight is 337 g/mol. The highest BCUT2D eigenvalue weighted by Crippen LogP contribution is 2.19. The van der Waals surface area contributed by atoms with Crippen LogP contribution in [-0.4, -0.2) is 8.42 Å². The minimum atomic E-state index is -3.57. The third-order valence-electron chi connectivity index (χ3n) is 3.76. The zero-order chi connectivity index (χ0) is 17.0. The fourth-order valence-electron chi connectivity index (χ4n) is 2.51. The molecule has 1 N–H and O–H groups in total. The van der Waals surface area contributed by atoms with Gasteiger partial charge in [0.2, 0.25) is 0 Å². The largest absolute Gasteiger partial charge is 0.280 e. The molecule has 0 saturated carbocycles. The summed E-state index contributed by atoms with van der Waals surface area (Å²) in [6.45, 7) is 1.93. The van der Waals surface area contributed by atoms with E-state index in [1.165, 1.54) is 5.56 Å². The molecule has 0 atom stereocenters. The highest BCUT2D eigenvalue weighted by atomic mass is 32.2. The smallest absolute Gasteiger partial charge is 0.261 e. The van der Waals surface area contributed by atoms with Gasteiger partial charge in [-0.3, -0.25) is 4.72 Å². The maximum Gasteiger partial charge on any atom is 0.261 e. The molecule has 24 heavy (non-hydrogen) atoms. The van der Waals surface area contributed by atoms with Crippen LogP contribution >= 0.6 is 0 Å². The van der Waals surface area contributed by atoms with Crippen molar-refractivity contribution in [3.8, 4) is 0 Å². The molecule has 0 aliphatic rings. The van der Waals surface area contributed by atoms with Crippen LogP contribution in [0.5, 0.6) is 0 Å². The van der Waals surface area contributed by atoms with E-state index < -0.39 is 10.0 Å². The molecule has 3 nitrogen and oxygen atoms in total. The first-order valence-corrected chi connectivity index (χ1v) is 9.24. The van der Waals surface area contributed by atoms with Gasteiger partial charge < -0.3 is 0 Å². The minimum absolute atomic E-state index is 0.265. The first-order chi connectivity index (χ1) is 11.5. The molecule has 0 spiro atoms. The number of aryl methyl sites for hydroxylation is 1. The zero-order valence-corrected chi connectivity index (χ0v) is 14.3. The molecule has 0 saturated heterocycles. The summed E-state index contributed by atoms with van der Waals surface area (Å²) in [7, 11) is -3.57. The molecular formula is C20H19NO2S. The third kappa shape index (κ3) is 4.03. The number of anilines is 1. The van der Waals surface area contributed by atoms with Crippen LogP contribution in [0.1, 0.15) is 16.7 Å². The summed E-state index contributed by atoms with van der Waals surface area (Å²) < 4.78 is 27.6. The van der Waals surface area contributed by atoms with Crippen molar-refractivity contribution in [3.05, 3.63) is 95.6 Å². The lowest BCUT2D eigenvalue weighted by Crippen LogP contribution is -2.13. The minimum Gasteiger partial charge on any atom is -0.280 e. The molecule has 122 valence electrons. The van der Waals surface area contributed by atoms with Crippen molar-refractivity contribution in [1.29, 1.82) is 0 Å². The van der Waals surface area contributed by atoms with Crippen LogP contribution in [0.4, 0.5) is 5.69 Å². The van der Waals surface area contributed by atoms with Gasteiger partial charge in [0.1, 0.15) is 0 Å². The molecule has 3 aromatic rings. The second-order valence-corrected chi connectivity index (χ2v) is 7.46. The van der Waals surface area contributed by atoms with Gasteiger partial charge in [-0.15, -0.1) is 0 Å². The summed E-state index contributed by atoms with van der Waals surface area (Å²) in [5.41, 5.74) is 3.85. The summed E-state index contributed by atoms with van der Waals surface area (Å²) in [4.78, 5) is 0.265. The molecule has 0 aliphatic heterocycles. The lowest BCUT2D eigenvalue weighted by Gasteiger charge is -2.10. The Hall–Kier alpha value is -2.59. The van der Waals surface area contributed by atoms with E-state index in [4.69, 9.17) is 0 Å². The van der Waals surface area contributed by atoms with Crippen LogP contribution in [0.2, 0.25) is 0 Å². The molecule has 3 aromatic carbocycles. The molecule has 0 fully saturated rings. The highest BCUT2D eigenvalue weighted by molar-refractivity contribution is 7.92. The maximum absolute atomic E-state index is 12.5. The van der Waals surface area contributed by atoms with E-state index in [2.05, 4.69) is 16.9 Å². The van der Waals surface area contributed by atoms with Crippen LogP contribution in [0.15, 0.2) is 83.8 Å². The van der Waals surface area contributed by atoms with Gasteiger partial charge in [-0.2, -0.15) is 0 Å². The van der Waals surface area contributed by atoms with E-state index in [9.17, 15) is 8.42 Å². The molecule has 3 rings (SSSR count). The Bertz CT molecular complexity index is 917. The molecule has 0 bridgehead atoms. The van der Waals surface area contributed by atoms with Gasteiger partial charge >= 0.3 is 0 Å². The number of benzene rings is 3. The third-order valence-corrected chi connectivity index (χ3v) is 5.16. The molecular weight excluding hydrogens is 318 g/mol. The van der Waals surface area contributed by atoms with Crippen molar-refractivity contribution in [2.45, 2.75) is 18.2 Å². The van der Waals surface area contributed by atoms with Crippen LogP contribution in [-0.2, 0) is 16.4 Å². The summed E-state index contributed by atoms with van der Waals surface area (Å²) in [5.74, 6) is 0. The van der Waals surface area contributed by atoms with Gasteiger partial charge in [0, 0.05) is 5.69 Å². The predicted molar refractivity (Wildman–Crippen MR) is 97.7 cm³/mol. The summed E-state index contributed by atoms with van der Waals surface area (Å²) in [6.07, 6.45) is 0.765. The predicted octanol–water partition coefficient (Wildman–Crippen LogP) is 4.39. The number of hydrogen-bond donors (Lipinski definition) is 1. The molecule has 0 amide bonds. The maximum atomic E-state index is 12.5. The summed E-state index contributed by atoms with van der Waals surface area (Å²) >= 11 is 0. The fourth-order valence-corrected chi connectivity index (χ4v) is 3.56. The van der Waals surface area contributed by atoms with E-state index in [0.717, 1.165) is 17.5 Å². The number of rotatable bonds is 5. The van der Waals surface area contributed by atoms with Gasteiger partial charge in [0.05, 0.1) is 4.90 Å². The molecule has 0 aromatic heterocycles. The van der Waals surface area contributed by atoms with Gasteiger partial charge in [0.15, 0.2) is 0 Å². The lowest BCUT2D eigenvalue weighted by atomic mass is 10.0. The van der Waals surface area contributed by atoms with E-state index in [1.807, 2.05) is 43.3 Å². The van der Waals surface area contributed by atoms with Crippen molar-refractivity contribution in [3.63, 3.8) is 0 Å². The van der Waals surface area contributed by atoms with E-state index in [-0.39, 0.29) is 4.90 Å². The first-order valence-electron chi connectivity index (χ1n) is 7.75. The van der Waals surface area contributed by atoms with Crippen molar-refractivity contribution >= 4 is 15.7 Å². The topological polar surface area (TPSA) is 46.2 Å². The second-order valence-electron chi connectivity index (χ2n) is 5.78. The zero-order valence-electron chi connectivity index (χ0n) is 13.4.